The van der Waals surface area contributed by atoms with E-state index < -0.39 is 5.97 Å². The number of aromatic nitrogens is 1. The number of esters is 1. The predicted molar refractivity (Wildman–Crippen MR) is 72.3 cm³/mol. The number of thiazole rings is 1. The van der Waals surface area contributed by atoms with Crippen LogP contribution in [-0.4, -0.2) is 36.6 Å². The van der Waals surface area contributed by atoms with Crippen LogP contribution in [0.15, 0.2) is 10.4 Å². The molecule has 0 amide bonds. The lowest BCUT2D eigenvalue weighted by Gasteiger charge is -2.01. The molecule has 0 fully saturated rings. The van der Waals surface area contributed by atoms with Crippen LogP contribution in [0.5, 0.6) is 0 Å². The molecule has 94 valence electrons. The van der Waals surface area contributed by atoms with E-state index in [2.05, 4.69) is 20.6 Å². The molecule has 0 bridgehead atoms. The lowest BCUT2D eigenvalue weighted by Crippen LogP contribution is -2.26. The highest BCUT2D eigenvalue weighted by Crippen LogP contribution is 2.16. The van der Waals surface area contributed by atoms with Crippen LogP contribution in [0.1, 0.15) is 17.4 Å². The number of anilines is 1. The zero-order valence-electron chi connectivity index (χ0n) is 9.23. The molecular weight excluding hydrogens is 308 g/mol. The van der Waals surface area contributed by atoms with Crippen molar-refractivity contribution in [3.63, 3.8) is 0 Å². The monoisotopic (exact) mass is 320 g/mol. The highest BCUT2D eigenvalue weighted by molar-refractivity contribution is 8.93. The summed E-state index contributed by atoms with van der Waals surface area (Å²) in [7, 11) is 0. The van der Waals surface area contributed by atoms with Crippen LogP contribution in [0.4, 0.5) is 5.13 Å². The quantitative estimate of drug-likeness (QED) is 0.820. The molecule has 0 saturated carbocycles. The van der Waals surface area contributed by atoms with E-state index in [1.807, 2.05) is 0 Å². The molecule has 0 atom stereocenters. The van der Waals surface area contributed by atoms with E-state index in [9.17, 15) is 4.79 Å². The molecule has 0 aliphatic carbocycles. The van der Waals surface area contributed by atoms with Crippen LogP contribution in [0.3, 0.4) is 0 Å². The van der Waals surface area contributed by atoms with Crippen molar-refractivity contribution in [2.75, 3.05) is 25.0 Å². The van der Waals surface area contributed by atoms with Gasteiger partial charge in [0.05, 0.1) is 13.2 Å². The molecule has 0 unspecified atom stereocenters. The second kappa shape index (κ2) is 6.55. The second-order valence-corrected chi connectivity index (χ2v) is 3.90. The van der Waals surface area contributed by atoms with Gasteiger partial charge in [0.2, 0.25) is 0 Å². The van der Waals surface area contributed by atoms with E-state index >= 15 is 0 Å². The summed E-state index contributed by atoms with van der Waals surface area (Å²) in [4.78, 5) is 19.6. The lowest BCUT2D eigenvalue weighted by molar-refractivity contribution is 0.0520. The molecule has 1 aromatic rings. The van der Waals surface area contributed by atoms with Crippen molar-refractivity contribution in [2.24, 2.45) is 4.99 Å². The molecule has 17 heavy (non-hydrogen) atoms. The minimum Gasteiger partial charge on any atom is -0.461 e. The summed E-state index contributed by atoms with van der Waals surface area (Å²) in [6.45, 7) is 3.71. The molecule has 2 rings (SSSR count). The fourth-order valence-electron chi connectivity index (χ4n) is 1.21. The lowest BCUT2D eigenvalue weighted by atomic mass is 10.5. The molecular formula is C9H13BrN4O2S. The van der Waals surface area contributed by atoms with E-state index in [1.165, 1.54) is 11.3 Å². The number of ether oxygens (including phenoxy) is 1. The topological polar surface area (TPSA) is 75.6 Å². The molecule has 1 aliphatic heterocycles. The number of halogens is 1. The highest BCUT2D eigenvalue weighted by Gasteiger charge is 2.13. The number of carbonyl (C=O) groups is 1. The zero-order chi connectivity index (χ0) is 11.4. The average molecular weight is 321 g/mol. The molecule has 0 aromatic carbocycles. The molecule has 2 N–H and O–H groups in total. The Morgan fingerprint density at radius 2 is 2.53 bits per heavy atom. The Morgan fingerprint density at radius 1 is 1.71 bits per heavy atom. The number of nitrogens with zero attached hydrogens (tertiary/aromatic N) is 2. The largest absolute Gasteiger partial charge is 0.461 e. The van der Waals surface area contributed by atoms with Crippen LogP contribution in [-0.2, 0) is 4.74 Å². The average Bonchev–Trinajstić information content (AvgIpc) is 2.90. The molecule has 0 spiro atoms. The van der Waals surface area contributed by atoms with Gasteiger partial charge in [0.25, 0.3) is 0 Å². The molecule has 8 heteroatoms. The smallest absolute Gasteiger partial charge is 0.357 e. The highest BCUT2D eigenvalue weighted by atomic mass is 79.9. The fraction of sp³-hybridized carbons (Fsp3) is 0.444. The molecule has 2 heterocycles. The van der Waals surface area contributed by atoms with Crippen molar-refractivity contribution >= 4 is 45.4 Å². The van der Waals surface area contributed by atoms with E-state index in [-0.39, 0.29) is 17.0 Å². The molecule has 0 saturated heterocycles. The molecule has 6 nitrogen and oxygen atoms in total. The van der Waals surface area contributed by atoms with Gasteiger partial charge in [0.1, 0.15) is 0 Å². The molecule has 1 aromatic heterocycles. The van der Waals surface area contributed by atoms with Crippen LogP contribution < -0.4 is 10.6 Å². The summed E-state index contributed by atoms with van der Waals surface area (Å²) < 4.78 is 4.84. The summed E-state index contributed by atoms with van der Waals surface area (Å²) in [6, 6.07) is 0. The Hall–Kier alpha value is -1.15. The first-order valence-electron chi connectivity index (χ1n) is 4.97. The van der Waals surface area contributed by atoms with Crippen molar-refractivity contribution < 1.29 is 9.53 Å². The third kappa shape index (κ3) is 3.67. The predicted octanol–water partition coefficient (Wildman–Crippen LogP) is 1.27. The Labute approximate surface area is 113 Å². The van der Waals surface area contributed by atoms with Crippen molar-refractivity contribution in [3.05, 3.63) is 11.1 Å². The second-order valence-electron chi connectivity index (χ2n) is 3.04. The van der Waals surface area contributed by atoms with Gasteiger partial charge in [-0.15, -0.1) is 28.3 Å². The first kappa shape index (κ1) is 13.9. The minimum atomic E-state index is -0.395. The van der Waals surface area contributed by atoms with E-state index in [1.54, 1.807) is 12.3 Å². The maximum Gasteiger partial charge on any atom is 0.357 e. The first-order valence-corrected chi connectivity index (χ1v) is 5.85. The normalized spacial score (nSPS) is 13.4. The number of carbonyl (C=O) groups excluding carboxylic acids is 1. The van der Waals surface area contributed by atoms with Gasteiger partial charge in [-0.1, -0.05) is 0 Å². The van der Waals surface area contributed by atoms with Crippen molar-refractivity contribution in [3.8, 4) is 0 Å². The standard InChI is InChI=1S/C9H12N4O2S.BrH/c1-2-15-7(14)6-5-16-9(12-6)13-8-10-3-4-11-8;/h5H,2-4H2,1H3,(H2,10,11,12,13);1H. The zero-order valence-corrected chi connectivity index (χ0v) is 11.8. The maximum absolute atomic E-state index is 11.3. The van der Waals surface area contributed by atoms with Crippen LogP contribution in [0.25, 0.3) is 0 Å². The van der Waals surface area contributed by atoms with Crippen LogP contribution in [0, 0.1) is 0 Å². The Bertz CT molecular complexity index is 421. The van der Waals surface area contributed by atoms with E-state index in [4.69, 9.17) is 4.74 Å². The Balaban J connectivity index is 0.00000144. The van der Waals surface area contributed by atoms with Gasteiger partial charge in [-0.2, -0.15) is 0 Å². The summed E-state index contributed by atoms with van der Waals surface area (Å²) in [5.41, 5.74) is 0.327. The van der Waals surface area contributed by atoms with E-state index in [0.29, 0.717) is 23.4 Å². The van der Waals surface area contributed by atoms with Gasteiger partial charge in [0, 0.05) is 11.9 Å². The number of nitrogens with one attached hydrogen (secondary N) is 2. The molecule has 1 aliphatic rings. The van der Waals surface area contributed by atoms with Gasteiger partial charge in [-0.05, 0) is 6.92 Å². The van der Waals surface area contributed by atoms with Gasteiger partial charge in [-0.25, -0.2) is 9.78 Å². The maximum atomic E-state index is 11.3. The molecule has 0 radical (unpaired) electrons. The number of hydrogen-bond acceptors (Lipinski definition) is 7. The van der Waals surface area contributed by atoms with E-state index in [0.717, 1.165) is 13.1 Å². The van der Waals surface area contributed by atoms with Gasteiger partial charge in [-0.3, -0.25) is 4.99 Å². The third-order valence-electron chi connectivity index (χ3n) is 1.89. The van der Waals surface area contributed by atoms with Crippen LogP contribution >= 0.6 is 28.3 Å². The first-order chi connectivity index (χ1) is 7.79. The van der Waals surface area contributed by atoms with Gasteiger partial charge in [0.15, 0.2) is 16.8 Å². The van der Waals surface area contributed by atoms with Crippen molar-refractivity contribution in [2.45, 2.75) is 6.92 Å². The summed E-state index contributed by atoms with van der Waals surface area (Å²) in [6.07, 6.45) is 0. The fourth-order valence-corrected chi connectivity index (χ4v) is 1.89. The van der Waals surface area contributed by atoms with Crippen molar-refractivity contribution in [1.29, 1.82) is 0 Å². The SMILES string of the molecule is Br.CCOC(=O)c1csc(NC2=NCCN2)n1. The summed E-state index contributed by atoms with van der Waals surface area (Å²) >= 11 is 1.35. The Morgan fingerprint density at radius 3 is 3.18 bits per heavy atom. The number of aliphatic imine (C=N–C) groups is 1. The number of rotatable bonds is 3. The number of hydrogen-bond donors (Lipinski definition) is 2. The third-order valence-corrected chi connectivity index (χ3v) is 2.65. The van der Waals surface area contributed by atoms with Crippen molar-refractivity contribution in [1.82, 2.24) is 10.3 Å². The Kier molecular flexibility index (Phi) is 5.36. The minimum absolute atomic E-state index is 0. The van der Waals surface area contributed by atoms with Gasteiger partial charge >= 0.3 is 5.97 Å². The number of guanidine groups is 1. The summed E-state index contributed by atoms with van der Waals surface area (Å²) in [5, 5.41) is 8.35. The van der Waals surface area contributed by atoms with Gasteiger partial charge < -0.3 is 15.4 Å². The van der Waals surface area contributed by atoms with Crippen LogP contribution in [0.2, 0.25) is 0 Å². The summed E-state index contributed by atoms with van der Waals surface area (Å²) in [5.74, 6) is 0.304.